The molecule has 0 aliphatic heterocycles. The first kappa shape index (κ1) is 37.8. The highest BCUT2D eigenvalue weighted by atomic mass is 32.1. The molecule has 10 aromatic carbocycles. The van der Waals surface area contributed by atoms with Crippen LogP contribution in [0.15, 0.2) is 231 Å². The first-order valence-electron chi connectivity index (χ1n) is 22.2. The van der Waals surface area contributed by atoms with Gasteiger partial charge >= 0.3 is 0 Å². The molecule has 13 rings (SSSR count). The molecular formula is C62H39NS2. The van der Waals surface area contributed by atoms with Gasteiger partial charge in [-0.3, -0.25) is 4.98 Å². The summed E-state index contributed by atoms with van der Waals surface area (Å²) in [5, 5.41) is 10.3. The predicted octanol–water partition coefficient (Wildman–Crippen LogP) is 17.9. The van der Waals surface area contributed by atoms with Crippen molar-refractivity contribution in [1.29, 1.82) is 0 Å². The molecule has 13 aromatic rings. The van der Waals surface area contributed by atoms with Crippen molar-refractivity contribution in [2.24, 2.45) is 0 Å². The van der Waals surface area contributed by atoms with Crippen molar-refractivity contribution < 1.29 is 0 Å². The van der Waals surface area contributed by atoms with Gasteiger partial charge in [0.25, 0.3) is 0 Å². The number of hydrogen-bond donors (Lipinski definition) is 0. The van der Waals surface area contributed by atoms with Gasteiger partial charge in [-0.15, -0.1) is 22.7 Å². The van der Waals surface area contributed by atoms with E-state index in [1.807, 2.05) is 41.1 Å². The van der Waals surface area contributed by atoms with E-state index in [-0.39, 0.29) is 5.92 Å². The van der Waals surface area contributed by atoms with Gasteiger partial charge in [-0.2, -0.15) is 0 Å². The van der Waals surface area contributed by atoms with Gasteiger partial charge in [-0.25, -0.2) is 0 Å². The molecule has 3 aromatic heterocycles. The van der Waals surface area contributed by atoms with Crippen LogP contribution >= 0.6 is 22.7 Å². The number of fused-ring (bicyclic) bond motifs is 2. The Morgan fingerprint density at radius 1 is 0.323 bits per heavy atom. The first-order valence-corrected chi connectivity index (χ1v) is 23.8. The number of nitrogens with zero attached hydrogens (tertiary/aromatic N) is 1. The molecule has 0 saturated carbocycles. The summed E-state index contributed by atoms with van der Waals surface area (Å²) in [6.07, 6.45) is 3.85. The number of thiophene rings is 2. The van der Waals surface area contributed by atoms with Crippen LogP contribution in [0.1, 0.15) is 22.6 Å². The lowest BCUT2D eigenvalue weighted by Crippen LogP contribution is -2.03. The molecule has 65 heavy (non-hydrogen) atoms. The summed E-state index contributed by atoms with van der Waals surface area (Å²) < 4.78 is 2.64. The summed E-state index contributed by atoms with van der Waals surface area (Å²) in [5.41, 5.74) is 13.5. The summed E-state index contributed by atoms with van der Waals surface area (Å²) >= 11 is 3.71. The van der Waals surface area contributed by atoms with Crippen molar-refractivity contribution in [3.05, 3.63) is 247 Å². The van der Waals surface area contributed by atoms with Crippen LogP contribution in [-0.2, 0) is 0 Å². The van der Waals surface area contributed by atoms with Crippen molar-refractivity contribution in [2.45, 2.75) is 5.92 Å². The molecule has 0 amide bonds. The highest BCUT2D eigenvalue weighted by molar-refractivity contribution is 7.22. The van der Waals surface area contributed by atoms with Crippen LogP contribution in [0, 0.1) is 0 Å². The number of hydrogen-bond acceptors (Lipinski definition) is 3. The summed E-state index contributed by atoms with van der Waals surface area (Å²) in [4.78, 5) is 7.10. The van der Waals surface area contributed by atoms with Crippen LogP contribution in [0.3, 0.4) is 0 Å². The Morgan fingerprint density at radius 2 is 0.800 bits per heavy atom. The Hall–Kier alpha value is -7.69. The lowest BCUT2D eigenvalue weighted by atomic mass is 9.83. The fraction of sp³-hybridized carbons (Fsp3) is 0.0161. The molecule has 0 bridgehead atoms. The quantitative estimate of drug-likeness (QED) is 0.139. The van der Waals surface area contributed by atoms with Gasteiger partial charge in [-0.05, 0) is 141 Å². The molecule has 1 atom stereocenters. The van der Waals surface area contributed by atoms with Crippen LogP contribution in [0.25, 0.3) is 107 Å². The maximum atomic E-state index is 4.52. The van der Waals surface area contributed by atoms with E-state index in [4.69, 9.17) is 0 Å². The zero-order valence-electron chi connectivity index (χ0n) is 35.3. The number of rotatable bonds is 8. The second-order valence-corrected chi connectivity index (χ2v) is 19.2. The van der Waals surface area contributed by atoms with Crippen LogP contribution < -0.4 is 0 Å². The SMILES string of the molecule is c1ccc(C(c2ccc(-c3cc(-c4ccc(-c5cc6ccccc6s5)cc4)c4ccc5ccc(-c6ccc(-c7cc8ccccc8s7)cc6)c6ccc3c4c56)cc2)c2cccnc2)cc1. The van der Waals surface area contributed by atoms with Gasteiger partial charge in [0.15, 0.2) is 0 Å². The van der Waals surface area contributed by atoms with E-state index in [0.29, 0.717) is 0 Å². The van der Waals surface area contributed by atoms with Crippen molar-refractivity contribution >= 4 is 75.2 Å². The molecule has 3 heterocycles. The molecule has 0 aliphatic carbocycles. The van der Waals surface area contributed by atoms with E-state index in [1.165, 1.54) is 123 Å². The van der Waals surface area contributed by atoms with Crippen LogP contribution in [0.4, 0.5) is 0 Å². The number of aromatic nitrogens is 1. The molecule has 0 radical (unpaired) electrons. The standard InChI is InChI=1S/C62H39NS2/c1-2-9-44(10-3-1)60(49-13-8-34-63-38-49)45-26-20-41(21-27-45)55-37-54(40-18-24-43(25-19-40)59-36-48-12-5-7-15-57(48)65-59)52-31-29-46-28-30-50(51-32-33-53(55)62(52)61(46)51)39-16-22-42(23-17-39)58-35-47-11-4-6-14-56(47)64-58/h1-38,60H. The van der Waals surface area contributed by atoms with Gasteiger partial charge in [0, 0.05) is 37.5 Å². The van der Waals surface area contributed by atoms with Gasteiger partial charge in [0.2, 0.25) is 0 Å². The fourth-order valence-electron chi connectivity index (χ4n) is 10.1. The van der Waals surface area contributed by atoms with E-state index in [1.54, 1.807) is 0 Å². The van der Waals surface area contributed by atoms with E-state index < -0.39 is 0 Å². The Kier molecular flexibility index (Phi) is 9.04. The largest absolute Gasteiger partial charge is 0.264 e. The lowest BCUT2D eigenvalue weighted by Gasteiger charge is -2.21. The average Bonchev–Trinajstić information content (AvgIpc) is 4.02. The smallest absolute Gasteiger partial charge is 0.0355 e. The minimum Gasteiger partial charge on any atom is -0.264 e. The average molecular weight is 862 g/mol. The van der Waals surface area contributed by atoms with Crippen molar-refractivity contribution in [1.82, 2.24) is 4.98 Å². The Balaban J connectivity index is 0.973. The lowest BCUT2D eigenvalue weighted by molar-refractivity contribution is 0.964. The maximum Gasteiger partial charge on any atom is 0.0355 e. The molecule has 0 spiro atoms. The Morgan fingerprint density at radius 3 is 1.38 bits per heavy atom. The Labute approximate surface area is 385 Å². The highest BCUT2D eigenvalue weighted by Crippen LogP contribution is 2.47. The second kappa shape index (κ2) is 15.5. The molecule has 0 saturated heterocycles. The predicted molar refractivity (Wildman–Crippen MR) is 280 cm³/mol. The topological polar surface area (TPSA) is 12.9 Å². The summed E-state index contributed by atoms with van der Waals surface area (Å²) in [7, 11) is 0. The maximum absolute atomic E-state index is 4.52. The summed E-state index contributed by atoms with van der Waals surface area (Å²) in [5.74, 6) is 0.0766. The molecule has 0 fully saturated rings. The third kappa shape index (κ3) is 6.54. The first-order chi connectivity index (χ1) is 32.2. The second-order valence-electron chi connectivity index (χ2n) is 17.0. The van der Waals surface area contributed by atoms with Gasteiger partial charge < -0.3 is 0 Å². The van der Waals surface area contributed by atoms with Crippen molar-refractivity contribution in [2.75, 3.05) is 0 Å². The zero-order chi connectivity index (χ0) is 42.8. The van der Waals surface area contributed by atoms with Crippen LogP contribution in [0.2, 0.25) is 0 Å². The third-order valence-electron chi connectivity index (χ3n) is 13.3. The fourth-order valence-corrected chi connectivity index (χ4v) is 12.3. The van der Waals surface area contributed by atoms with Crippen LogP contribution in [0.5, 0.6) is 0 Å². The molecule has 3 heteroatoms. The van der Waals surface area contributed by atoms with Gasteiger partial charge in [-0.1, -0.05) is 182 Å². The summed E-state index contributed by atoms with van der Waals surface area (Å²) in [6.45, 7) is 0. The minimum absolute atomic E-state index is 0.0766. The van der Waals surface area contributed by atoms with Crippen molar-refractivity contribution in [3.63, 3.8) is 0 Å². The van der Waals surface area contributed by atoms with E-state index in [0.717, 1.165) is 0 Å². The monoisotopic (exact) mass is 861 g/mol. The van der Waals surface area contributed by atoms with E-state index in [2.05, 4.69) is 217 Å². The number of pyridine rings is 1. The molecule has 1 nitrogen and oxygen atoms in total. The van der Waals surface area contributed by atoms with E-state index in [9.17, 15) is 0 Å². The zero-order valence-corrected chi connectivity index (χ0v) is 36.9. The van der Waals surface area contributed by atoms with Crippen molar-refractivity contribution in [3.8, 4) is 54.3 Å². The molecule has 0 aliphatic rings. The third-order valence-corrected chi connectivity index (χ3v) is 15.6. The minimum atomic E-state index is 0.0766. The Bertz CT molecular complexity index is 3740. The molecular weight excluding hydrogens is 823 g/mol. The summed E-state index contributed by atoms with van der Waals surface area (Å²) in [6, 6.07) is 81.1. The molecule has 0 N–H and O–H groups in total. The molecule has 304 valence electrons. The van der Waals surface area contributed by atoms with E-state index >= 15 is 0 Å². The highest BCUT2D eigenvalue weighted by Gasteiger charge is 2.21. The van der Waals surface area contributed by atoms with Gasteiger partial charge in [0.05, 0.1) is 0 Å². The molecule has 1 unspecified atom stereocenters. The normalized spacial score (nSPS) is 12.2. The number of benzene rings is 10. The van der Waals surface area contributed by atoms with Crippen LogP contribution in [-0.4, -0.2) is 4.98 Å². The van der Waals surface area contributed by atoms with Gasteiger partial charge in [0.1, 0.15) is 0 Å².